The zero-order valence-electron chi connectivity index (χ0n) is 18.6. The van der Waals surface area contributed by atoms with Crippen molar-refractivity contribution in [2.75, 3.05) is 59.0 Å². The van der Waals surface area contributed by atoms with Crippen molar-refractivity contribution in [1.82, 2.24) is 20.0 Å². The Morgan fingerprint density at radius 1 is 1.17 bits per heavy atom. The zero-order valence-corrected chi connectivity index (χ0v) is 20.9. The molecule has 0 amide bonds. The van der Waals surface area contributed by atoms with Crippen LogP contribution in [0.4, 0.5) is 0 Å². The fraction of sp³-hybridized carbons (Fsp3) is 0.696. The number of nitrogens with one attached hydrogen (secondary N) is 1. The molecule has 0 saturated carbocycles. The smallest absolute Gasteiger partial charge is 0.194 e. The van der Waals surface area contributed by atoms with E-state index in [1.54, 1.807) is 0 Å². The van der Waals surface area contributed by atoms with E-state index in [4.69, 9.17) is 9.73 Å². The summed E-state index contributed by atoms with van der Waals surface area (Å²) in [5.41, 5.74) is 2.99. The summed E-state index contributed by atoms with van der Waals surface area (Å²) in [5.74, 6) is 1.09. The van der Waals surface area contributed by atoms with Crippen molar-refractivity contribution >= 4 is 29.9 Å². The number of halogens is 1. The second-order valence-electron chi connectivity index (χ2n) is 8.57. The zero-order chi connectivity index (χ0) is 20.1. The largest absolute Gasteiger partial charge is 0.379 e. The highest BCUT2D eigenvalue weighted by Gasteiger charge is 2.30. The van der Waals surface area contributed by atoms with Crippen LogP contribution >= 0.6 is 24.0 Å². The van der Waals surface area contributed by atoms with Crippen molar-refractivity contribution in [3.63, 3.8) is 0 Å². The number of fused-ring (bicyclic) bond motifs is 1. The molecule has 4 rings (SSSR count). The molecule has 0 aromatic heterocycles. The molecule has 30 heavy (non-hydrogen) atoms. The molecular formula is C23H38IN5O. The molecule has 0 spiro atoms. The fourth-order valence-corrected chi connectivity index (χ4v) is 4.83. The molecular weight excluding hydrogens is 489 g/mol. The second kappa shape index (κ2) is 11.6. The number of morpholine rings is 1. The van der Waals surface area contributed by atoms with Crippen LogP contribution in [0.5, 0.6) is 0 Å². The molecule has 1 aromatic rings. The molecule has 3 aliphatic heterocycles. The van der Waals surface area contributed by atoms with Crippen LogP contribution in [0.1, 0.15) is 31.4 Å². The molecule has 3 heterocycles. The number of likely N-dealkylation sites (tertiary alicyclic amines) is 1. The minimum Gasteiger partial charge on any atom is -0.379 e. The summed E-state index contributed by atoms with van der Waals surface area (Å²) in [6.45, 7) is 14.5. The Morgan fingerprint density at radius 3 is 2.70 bits per heavy atom. The van der Waals surface area contributed by atoms with Crippen LogP contribution < -0.4 is 5.32 Å². The molecule has 1 aromatic carbocycles. The normalized spacial score (nSPS) is 24.3. The Hall–Kier alpha value is -0.900. The first-order valence-corrected chi connectivity index (χ1v) is 11.4. The van der Waals surface area contributed by atoms with Crippen molar-refractivity contribution < 1.29 is 4.74 Å². The van der Waals surface area contributed by atoms with Crippen LogP contribution in [0.25, 0.3) is 0 Å². The van der Waals surface area contributed by atoms with Gasteiger partial charge in [-0.1, -0.05) is 24.3 Å². The highest BCUT2D eigenvalue weighted by atomic mass is 127. The quantitative estimate of drug-likeness (QED) is 0.362. The van der Waals surface area contributed by atoms with Gasteiger partial charge in [0.2, 0.25) is 0 Å². The summed E-state index contributed by atoms with van der Waals surface area (Å²) in [4.78, 5) is 12.7. The van der Waals surface area contributed by atoms with Crippen molar-refractivity contribution in [2.45, 2.75) is 45.3 Å². The van der Waals surface area contributed by atoms with Crippen LogP contribution in [-0.2, 0) is 17.7 Å². The maximum Gasteiger partial charge on any atom is 0.194 e. The highest BCUT2D eigenvalue weighted by molar-refractivity contribution is 14.0. The molecule has 1 N–H and O–H groups in total. The summed E-state index contributed by atoms with van der Waals surface area (Å²) in [7, 11) is 0. The first-order valence-electron chi connectivity index (χ1n) is 11.4. The number of ether oxygens (including phenoxy) is 1. The lowest BCUT2D eigenvalue weighted by molar-refractivity contribution is 0.0195. The Morgan fingerprint density at radius 2 is 1.93 bits per heavy atom. The molecule has 168 valence electrons. The minimum atomic E-state index is 0. The molecule has 0 aliphatic carbocycles. The first kappa shape index (κ1) is 23.8. The summed E-state index contributed by atoms with van der Waals surface area (Å²) in [5, 5.41) is 3.54. The Labute approximate surface area is 199 Å². The fourth-order valence-electron chi connectivity index (χ4n) is 4.83. The Bertz CT molecular complexity index is 694. The number of rotatable bonds is 5. The summed E-state index contributed by atoms with van der Waals surface area (Å²) in [6, 6.07) is 9.96. The number of aliphatic imine (C=N–C) groups is 1. The predicted molar refractivity (Wildman–Crippen MR) is 134 cm³/mol. The first-order chi connectivity index (χ1) is 14.2. The van der Waals surface area contributed by atoms with Crippen molar-refractivity contribution in [1.29, 1.82) is 0 Å². The topological polar surface area (TPSA) is 43.3 Å². The van der Waals surface area contributed by atoms with Crippen LogP contribution in [0.15, 0.2) is 29.3 Å². The van der Waals surface area contributed by atoms with Crippen LogP contribution in [0.3, 0.4) is 0 Å². The summed E-state index contributed by atoms with van der Waals surface area (Å²) in [6.07, 6.45) is 2.38. The van der Waals surface area contributed by atoms with E-state index in [1.807, 2.05) is 0 Å². The Kier molecular flexibility index (Phi) is 9.22. The molecule has 2 fully saturated rings. The molecule has 2 unspecified atom stereocenters. The van der Waals surface area contributed by atoms with E-state index in [9.17, 15) is 0 Å². The lowest BCUT2D eigenvalue weighted by Crippen LogP contribution is -2.47. The summed E-state index contributed by atoms with van der Waals surface area (Å²) < 4.78 is 5.52. The molecule has 0 radical (unpaired) electrons. The lowest BCUT2D eigenvalue weighted by Gasteiger charge is -2.33. The van der Waals surface area contributed by atoms with E-state index in [2.05, 4.69) is 58.1 Å². The number of hydrogen-bond acceptors (Lipinski definition) is 4. The third-order valence-corrected chi connectivity index (χ3v) is 6.65. The standard InChI is InChI=1S/C23H37N5O.HI/c1-3-24-23(28-11-9-22(18-28)26-12-14-29-15-13-26)25-16-19(2)27-10-8-20-6-4-5-7-21(20)17-27;/h4-7,19,22H,3,8-18H2,1-2H3,(H,24,25);1H. The van der Waals surface area contributed by atoms with Gasteiger partial charge in [0, 0.05) is 57.9 Å². The maximum atomic E-state index is 5.52. The van der Waals surface area contributed by atoms with Gasteiger partial charge in [-0.25, -0.2) is 0 Å². The van der Waals surface area contributed by atoms with Crippen LogP contribution in [0, 0.1) is 0 Å². The van der Waals surface area contributed by atoms with Crippen molar-refractivity contribution in [3.05, 3.63) is 35.4 Å². The van der Waals surface area contributed by atoms with Crippen LogP contribution in [0.2, 0.25) is 0 Å². The van der Waals surface area contributed by atoms with E-state index in [-0.39, 0.29) is 24.0 Å². The molecule has 7 heteroatoms. The predicted octanol–water partition coefficient (Wildman–Crippen LogP) is 2.42. The number of guanidine groups is 1. The third kappa shape index (κ3) is 5.87. The van der Waals surface area contributed by atoms with Gasteiger partial charge in [0.05, 0.1) is 19.8 Å². The van der Waals surface area contributed by atoms with Gasteiger partial charge >= 0.3 is 0 Å². The Balaban J connectivity index is 0.00000256. The monoisotopic (exact) mass is 527 g/mol. The lowest BCUT2D eigenvalue weighted by atomic mass is 9.99. The van der Waals surface area contributed by atoms with Gasteiger partial charge in [0.25, 0.3) is 0 Å². The number of hydrogen-bond donors (Lipinski definition) is 1. The molecule has 2 atom stereocenters. The van der Waals surface area contributed by atoms with Gasteiger partial charge in [-0.05, 0) is 37.8 Å². The molecule has 3 aliphatic rings. The number of nitrogens with zero attached hydrogens (tertiary/aromatic N) is 4. The van der Waals surface area contributed by atoms with Gasteiger partial charge in [0.1, 0.15) is 0 Å². The van der Waals surface area contributed by atoms with E-state index in [1.165, 1.54) is 17.5 Å². The van der Waals surface area contributed by atoms with Gasteiger partial charge < -0.3 is 15.0 Å². The summed E-state index contributed by atoms with van der Waals surface area (Å²) >= 11 is 0. The van der Waals surface area contributed by atoms with E-state index >= 15 is 0 Å². The van der Waals surface area contributed by atoms with E-state index < -0.39 is 0 Å². The average molecular weight is 527 g/mol. The minimum absolute atomic E-state index is 0. The highest BCUT2D eigenvalue weighted by Crippen LogP contribution is 2.21. The van der Waals surface area contributed by atoms with Crippen molar-refractivity contribution in [2.24, 2.45) is 4.99 Å². The molecule has 2 saturated heterocycles. The molecule has 0 bridgehead atoms. The average Bonchev–Trinajstić information content (AvgIpc) is 3.27. The van der Waals surface area contributed by atoms with Gasteiger partial charge in [-0.15, -0.1) is 24.0 Å². The van der Waals surface area contributed by atoms with E-state index in [0.717, 1.165) is 78.0 Å². The third-order valence-electron chi connectivity index (χ3n) is 6.65. The van der Waals surface area contributed by atoms with Gasteiger partial charge in [-0.2, -0.15) is 0 Å². The van der Waals surface area contributed by atoms with Gasteiger partial charge in [0.15, 0.2) is 5.96 Å². The van der Waals surface area contributed by atoms with Gasteiger partial charge in [-0.3, -0.25) is 14.8 Å². The van der Waals surface area contributed by atoms with Crippen LogP contribution in [-0.4, -0.2) is 91.8 Å². The molecule has 6 nitrogen and oxygen atoms in total. The SMILES string of the molecule is CCNC(=NCC(C)N1CCc2ccccc2C1)N1CCC(N2CCOCC2)C1.I. The van der Waals surface area contributed by atoms with E-state index in [0.29, 0.717) is 12.1 Å². The number of benzene rings is 1. The van der Waals surface area contributed by atoms with Crippen molar-refractivity contribution in [3.8, 4) is 0 Å². The second-order valence-corrected chi connectivity index (χ2v) is 8.57. The maximum absolute atomic E-state index is 5.52.